The third-order valence-electron chi connectivity index (χ3n) is 5.75. The van der Waals surface area contributed by atoms with E-state index in [2.05, 4.69) is 22.4 Å². The van der Waals surface area contributed by atoms with Gasteiger partial charge in [0.1, 0.15) is 10.7 Å². The number of aliphatic imine (C=N–C) groups is 1. The minimum Gasteiger partial charge on any atom is -0.475 e. The molecule has 40 heavy (non-hydrogen) atoms. The van der Waals surface area contributed by atoms with Crippen LogP contribution >= 0.6 is 23.2 Å². The van der Waals surface area contributed by atoms with E-state index >= 15 is 0 Å². The molecular formula is C25H29Cl2F3N4O5S. The van der Waals surface area contributed by atoms with Crippen molar-refractivity contribution in [2.45, 2.75) is 30.3 Å². The Hall–Kier alpha value is -2.87. The second-order valence-corrected chi connectivity index (χ2v) is 11.6. The summed E-state index contributed by atoms with van der Waals surface area (Å²) in [7, 11) is -0.513. The van der Waals surface area contributed by atoms with Crippen molar-refractivity contribution in [2.75, 3.05) is 40.3 Å². The van der Waals surface area contributed by atoms with E-state index in [1.54, 1.807) is 11.9 Å². The number of amides is 1. The third-order valence-corrected chi connectivity index (χ3v) is 8.33. The minimum absolute atomic E-state index is 0.00122. The number of carboxylic acids is 1. The average molecular weight is 625 g/mol. The highest BCUT2D eigenvalue weighted by atomic mass is 35.5. The molecule has 2 N–H and O–H groups in total. The zero-order chi connectivity index (χ0) is 30.1. The van der Waals surface area contributed by atoms with Crippen molar-refractivity contribution < 1.29 is 36.3 Å². The number of amidine groups is 1. The fourth-order valence-corrected chi connectivity index (χ4v) is 5.41. The highest BCUT2D eigenvalue weighted by Crippen LogP contribution is 2.27. The van der Waals surface area contributed by atoms with E-state index in [-0.39, 0.29) is 28.8 Å². The van der Waals surface area contributed by atoms with Crippen LogP contribution in [-0.4, -0.2) is 86.9 Å². The molecule has 0 spiro atoms. The molecule has 1 aliphatic rings. The first-order valence-electron chi connectivity index (χ1n) is 12.0. The lowest BCUT2D eigenvalue weighted by Crippen LogP contribution is -2.31. The molecule has 3 rings (SSSR count). The van der Waals surface area contributed by atoms with Crippen molar-refractivity contribution >= 4 is 50.9 Å². The highest BCUT2D eigenvalue weighted by molar-refractivity contribution is 7.89. The molecule has 2 aromatic carbocycles. The van der Waals surface area contributed by atoms with Gasteiger partial charge >= 0.3 is 12.1 Å². The predicted octanol–water partition coefficient (Wildman–Crippen LogP) is 4.08. The predicted molar refractivity (Wildman–Crippen MR) is 146 cm³/mol. The highest BCUT2D eigenvalue weighted by Gasteiger charge is 2.38. The van der Waals surface area contributed by atoms with E-state index in [0.717, 1.165) is 36.5 Å². The van der Waals surface area contributed by atoms with Crippen molar-refractivity contribution in [3.05, 3.63) is 63.6 Å². The van der Waals surface area contributed by atoms with Gasteiger partial charge in [0.2, 0.25) is 15.9 Å². The molecule has 0 bridgehead atoms. The Balaban J connectivity index is 0.000000708. The Morgan fingerprint density at radius 2 is 1.70 bits per heavy atom. The summed E-state index contributed by atoms with van der Waals surface area (Å²) in [6, 6.07) is 12.5. The average Bonchev–Trinajstić information content (AvgIpc) is 3.42. The molecule has 2 aromatic rings. The Kier molecular flexibility index (Phi) is 12.2. The van der Waals surface area contributed by atoms with Crippen LogP contribution in [0.3, 0.4) is 0 Å². The first kappa shape index (κ1) is 33.3. The van der Waals surface area contributed by atoms with E-state index in [9.17, 15) is 26.4 Å². The molecule has 0 aliphatic carbocycles. The van der Waals surface area contributed by atoms with Crippen LogP contribution < -0.4 is 5.32 Å². The molecule has 9 nitrogen and oxygen atoms in total. The van der Waals surface area contributed by atoms with Gasteiger partial charge in [-0.3, -0.25) is 9.79 Å². The van der Waals surface area contributed by atoms with Gasteiger partial charge in [0.25, 0.3) is 0 Å². The summed E-state index contributed by atoms with van der Waals surface area (Å²) >= 11 is 11.9. The Morgan fingerprint density at radius 1 is 1.07 bits per heavy atom. The van der Waals surface area contributed by atoms with E-state index in [1.807, 2.05) is 12.1 Å². The standard InChI is InChI=1S/C23H28Cl2N4O3S.C2HF3O2/c1-28(15-11-17-5-7-18(8-6-17)23-26-12-13-27-23)22(30)4-3-14-29(2)33(31,32)21-10-9-19(24)16-20(21)25;3-2(4,5)1(6)7/h5-10,16H,3-4,11-15H2,1-2H3,(H,26,27);(H,6,7). The summed E-state index contributed by atoms with van der Waals surface area (Å²) in [5, 5.41) is 10.8. The monoisotopic (exact) mass is 624 g/mol. The van der Waals surface area contributed by atoms with Crippen molar-refractivity contribution in [3.63, 3.8) is 0 Å². The number of sulfonamides is 1. The van der Waals surface area contributed by atoms with Gasteiger partial charge < -0.3 is 15.3 Å². The number of aliphatic carboxylic acids is 1. The topological polar surface area (TPSA) is 119 Å². The molecule has 0 unspecified atom stereocenters. The molecule has 0 aromatic heterocycles. The molecule has 1 amide bonds. The van der Waals surface area contributed by atoms with E-state index in [0.29, 0.717) is 18.0 Å². The fourth-order valence-electron chi connectivity index (χ4n) is 3.46. The lowest BCUT2D eigenvalue weighted by Gasteiger charge is -2.20. The molecule has 0 fully saturated rings. The van der Waals surface area contributed by atoms with Gasteiger partial charge in [-0.25, -0.2) is 17.5 Å². The minimum atomic E-state index is -5.08. The normalized spacial score (nSPS) is 13.2. The van der Waals surface area contributed by atoms with Gasteiger partial charge in [-0.15, -0.1) is 0 Å². The van der Waals surface area contributed by atoms with Crippen LogP contribution in [0.4, 0.5) is 13.2 Å². The summed E-state index contributed by atoms with van der Waals surface area (Å²) in [5.74, 6) is -1.85. The maximum absolute atomic E-state index is 12.7. The second kappa shape index (κ2) is 14.7. The number of alkyl halides is 3. The van der Waals surface area contributed by atoms with Gasteiger partial charge in [-0.2, -0.15) is 13.2 Å². The summed E-state index contributed by atoms with van der Waals surface area (Å²) in [6.45, 7) is 2.48. The van der Waals surface area contributed by atoms with E-state index < -0.39 is 22.2 Å². The lowest BCUT2D eigenvalue weighted by molar-refractivity contribution is -0.192. The van der Waals surface area contributed by atoms with Crippen LogP contribution in [0.5, 0.6) is 0 Å². The van der Waals surface area contributed by atoms with Gasteiger partial charge in [0, 0.05) is 50.7 Å². The summed E-state index contributed by atoms with van der Waals surface area (Å²) in [5.41, 5.74) is 2.21. The van der Waals surface area contributed by atoms with Gasteiger partial charge in [0.05, 0.1) is 11.6 Å². The number of halogens is 5. The maximum atomic E-state index is 12.7. The molecule has 1 heterocycles. The molecule has 220 valence electrons. The summed E-state index contributed by atoms with van der Waals surface area (Å²) in [4.78, 5) is 27.5. The zero-order valence-corrected chi connectivity index (χ0v) is 24.0. The number of hydrogen-bond acceptors (Lipinski definition) is 6. The molecule has 15 heteroatoms. The van der Waals surface area contributed by atoms with Crippen molar-refractivity contribution in [3.8, 4) is 0 Å². The molecular weight excluding hydrogens is 596 g/mol. The largest absolute Gasteiger partial charge is 0.490 e. The Morgan fingerprint density at radius 3 is 2.23 bits per heavy atom. The number of nitrogens with zero attached hydrogens (tertiary/aromatic N) is 3. The number of likely N-dealkylation sites (N-methyl/N-ethyl adjacent to an activating group) is 1. The molecule has 0 atom stereocenters. The number of nitrogens with one attached hydrogen (secondary N) is 1. The fraction of sp³-hybridized carbons (Fsp3) is 0.400. The van der Waals surface area contributed by atoms with Gasteiger partial charge in [-0.1, -0.05) is 47.5 Å². The molecule has 0 radical (unpaired) electrons. The van der Waals surface area contributed by atoms with Gasteiger partial charge in [-0.05, 0) is 36.6 Å². The molecule has 0 saturated carbocycles. The lowest BCUT2D eigenvalue weighted by atomic mass is 10.1. The smallest absolute Gasteiger partial charge is 0.475 e. The quantitative estimate of drug-likeness (QED) is 0.411. The number of carbonyl (C=O) groups excluding carboxylic acids is 1. The van der Waals surface area contributed by atoms with Crippen molar-refractivity contribution in [2.24, 2.45) is 4.99 Å². The molecule has 1 aliphatic heterocycles. The SMILES string of the molecule is CN(CCc1ccc(C2=NCCN2)cc1)C(=O)CCCN(C)S(=O)(=O)c1ccc(Cl)cc1Cl.O=C(O)C(F)(F)F. The maximum Gasteiger partial charge on any atom is 0.490 e. The Bertz CT molecular complexity index is 1320. The zero-order valence-electron chi connectivity index (χ0n) is 21.7. The van der Waals surface area contributed by atoms with Crippen LogP contribution in [0.15, 0.2) is 52.4 Å². The number of carboxylic acid groups (broad SMARTS) is 1. The van der Waals surface area contributed by atoms with Crippen LogP contribution in [-0.2, 0) is 26.0 Å². The van der Waals surface area contributed by atoms with Crippen molar-refractivity contribution in [1.82, 2.24) is 14.5 Å². The first-order chi connectivity index (χ1) is 18.6. The summed E-state index contributed by atoms with van der Waals surface area (Å²) < 4.78 is 58.4. The molecule has 0 saturated heterocycles. The van der Waals surface area contributed by atoms with Crippen LogP contribution in [0.25, 0.3) is 0 Å². The number of hydrogen-bond donors (Lipinski definition) is 2. The second-order valence-electron chi connectivity index (χ2n) is 8.73. The van der Waals surface area contributed by atoms with Crippen molar-refractivity contribution in [1.29, 1.82) is 0 Å². The van der Waals surface area contributed by atoms with E-state index in [4.69, 9.17) is 33.1 Å². The van der Waals surface area contributed by atoms with Crippen LogP contribution in [0, 0.1) is 0 Å². The third kappa shape index (κ3) is 9.95. The number of carbonyl (C=O) groups is 2. The number of rotatable bonds is 10. The van der Waals surface area contributed by atoms with Crippen LogP contribution in [0.1, 0.15) is 24.0 Å². The van der Waals surface area contributed by atoms with E-state index in [1.165, 1.54) is 29.6 Å². The summed E-state index contributed by atoms with van der Waals surface area (Å²) in [6.07, 6.45) is -3.67. The Labute approximate surface area is 240 Å². The first-order valence-corrected chi connectivity index (χ1v) is 14.2. The number of benzene rings is 2. The van der Waals surface area contributed by atoms with Crippen LogP contribution in [0.2, 0.25) is 10.0 Å². The van der Waals surface area contributed by atoms with Gasteiger partial charge in [0.15, 0.2) is 0 Å².